The topological polar surface area (TPSA) is 20.3 Å². The Labute approximate surface area is 125 Å². The molecule has 1 aromatic heterocycles. The van der Waals surface area contributed by atoms with Crippen molar-refractivity contribution in [3.63, 3.8) is 0 Å². The van der Waals surface area contributed by atoms with Crippen LogP contribution in [-0.2, 0) is 11.2 Å². The lowest BCUT2D eigenvalue weighted by atomic mass is 9.86. The van der Waals surface area contributed by atoms with Crippen molar-refractivity contribution < 1.29 is 4.79 Å². The van der Waals surface area contributed by atoms with Gasteiger partial charge in [0.25, 0.3) is 0 Å². The van der Waals surface area contributed by atoms with E-state index in [1.807, 2.05) is 11.3 Å². The minimum Gasteiger partial charge on any atom is -0.335 e. The van der Waals surface area contributed by atoms with Crippen LogP contribution >= 0.6 is 11.3 Å². The van der Waals surface area contributed by atoms with Crippen molar-refractivity contribution in [3.8, 4) is 0 Å². The zero-order valence-corrected chi connectivity index (χ0v) is 13.0. The van der Waals surface area contributed by atoms with Gasteiger partial charge in [-0.2, -0.15) is 0 Å². The summed E-state index contributed by atoms with van der Waals surface area (Å²) in [5.41, 5.74) is 1.43. The van der Waals surface area contributed by atoms with Gasteiger partial charge in [-0.15, -0.1) is 11.3 Å². The van der Waals surface area contributed by atoms with E-state index in [1.54, 1.807) is 0 Å². The van der Waals surface area contributed by atoms with Crippen LogP contribution in [0.2, 0.25) is 0 Å². The van der Waals surface area contributed by atoms with E-state index in [0.29, 0.717) is 23.8 Å². The third-order valence-electron chi connectivity index (χ3n) is 5.82. The fourth-order valence-electron chi connectivity index (χ4n) is 4.86. The first kappa shape index (κ1) is 12.9. The standard InChI is InChI=1S/C17H23NOS/c1-2-15-13-6-8-20-16(13)5-7-18(15)17(19)14-10-11-3-4-12(14)9-11/h6,8,11-12,14-15H,2-5,7,9-10H2,1H3. The summed E-state index contributed by atoms with van der Waals surface area (Å²) in [7, 11) is 0. The first-order chi connectivity index (χ1) is 9.78. The highest BCUT2D eigenvalue weighted by Gasteiger charge is 2.45. The quantitative estimate of drug-likeness (QED) is 0.805. The molecule has 0 spiro atoms. The summed E-state index contributed by atoms with van der Waals surface area (Å²) in [4.78, 5) is 16.8. The molecule has 3 heteroatoms. The summed E-state index contributed by atoms with van der Waals surface area (Å²) in [5, 5.41) is 2.19. The minimum absolute atomic E-state index is 0.344. The molecule has 2 bridgehead atoms. The number of carbonyl (C=O) groups is 1. The van der Waals surface area contributed by atoms with E-state index in [1.165, 1.54) is 36.1 Å². The number of hydrogen-bond donors (Lipinski definition) is 0. The van der Waals surface area contributed by atoms with Gasteiger partial charge >= 0.3 is 0 Å². The van der Waals surface area contributed by atoms with E-state index >= 15 is 0 Å². The molecule has 1 aliphatic heterocycles. The molecule has 0 radical (unpaired) electrons. The predicted molar refractivity (Wildman–Crippen MR) is 81.7 cm³/mol. The van der Waals surface area contributed by atoms with Gasteiger partial charge in [-0.25, -0.2) is 0 Å². The summed E-state index contributed by atoms with van der Waals surface area (Å²) in [6, 6.07) is 2.59. The molecule has 2 fully saturated rings. The highest BCUT2D eigenvalue weighted by molar-refractivity contribution is 7.10. The Morgan fingerprint density at radius 2 is 2.30 bits per heavy atom. The zero-order chi connectivity index (χ0) is 13.7. The van der Waals surface area contributed by atoms with Crippen molar-refractivity contribution in [2.45, 2.75) is 51.5 Å². The summed E-state index contributed by atoms with van der Waals surface area (Å²) in [6.07, 6.45) is 7.29. The molecular formula is C17H23NOS. The summed E-state index contributed by atoms with van der Waals surface area (Å²) in [5.74, 6) is 2.38. The summed E-state index contributed by atoms with van der Waals surface area (Å²) in [6.45, 7) is 3.16. The number of amides is 1. The lowest BCUT2D eigenvalue weighted by molar-refractivity contribution is -0.140. The maximum Gasteiger partial charge on any atom is 0.226 e. The number of rotatable bonds is 2. The maximum atomic E-state index is 13.0. The van der Waals surface area contributed by atoms with E-state index in [9.17, 15) is 4.79 Å². The van der Waals surface area contributed by atoms with Crippen LogP contribution in [0.25, 0.3) is 0 Å². The van der Waals surface area contributed by atoms with Crippen molar-refractivity contribution >= 4 is 17.2 Å². The third-order valence-corrected chi connectivity index (χ3v) is 6.82. The van der Waals surface area contributed by atoms with Gasteiger partial charge in [0.1, 0.15) is 0 Å². The molecule has 0 saturated heterocycles. The smallest absolute Gasteiger partial charge is 0.226 e. The molecule has 20 heavy (non-hydrogen) atoms. The van der Waals surface area contributed by atoms with Gasteiger partial charge < -0.3 is 4.90 Å². The van der Waals surface area contributed by atoms with Crippen LogP contribution in [0.5, 0.6) is 0 Å². The second kappa shape index (κ2) is 4.87. The van der Waals surface area contributed by atoms with Crippen LogP contribution in [0.4, 0.5) is 0 Å². The van der Waals surface area contributed by atoms with Crippen molar-refractivity contribution in [1.82, 2.24) is 4.90 Å². The zero-order valence-electron chi connectivity index (χ0n) is 12.2. The van der Waals surface area contributed by atoms with Crippen LogP contribution in [-0.4, -0.2) is 17.4 Å². The normalized spacial score (nSPS) is 35.4. The van der Waals surface area contributed by atoms with Crippen LogP contribution in [0, 0.1) is 17.8 Å². The fraction of sp³-hybridized carbons (Fsp3) is 0.706. The Morgan fingerprint density at radius 1 is 1.40 bits per heavy atom. The summed E-state index contributed by atoms with van der Waals surface area (Å²) < 4.78 is 0. The first-order valence-electron chi connectivity index (χ1n) is 8.14. The average molecular weight is 289 g/mol. The van der Waals surface area contributed by atoms with Crippen LogP contribution in [0.3, 0.4) is 0 Å². The van der Waals surface area contributed by atoms with E-state index in [2.05, 4.69) is 23.3 Å². The molecule has 1 amide bonds. The molecule has 2 saturated carbocycles. The molecule has 4 rings (SSSR count). The van der Waals surface area contributed by atoms with Gasteiger partial charge in [0.15, 0.2) is 0 Å². The van der Waals surface area contributed by atoms with Gasteiger partial charge in [-0.1, -0.05) is 13.3 Å². The summed E-state index contributed by atoms with van der Waals surface area (Å²) >= 11 is 1.86. The van der Waals surface area contributed by atoms with Crippen LogP contribution in [0.1, 0.15) is 55.5 Å². The van der Waals surface area contributed by atoms with Crippen molar-refractivity contribution in [2.75, 3.05) is 6.54 Å². The van der Waals surface area contributed by atoms with E-state index in [4.69, 9.17) is 0 Å². The fourth-order valence-corrected chi connectivity index (χ4v) is 5.79. The van der Waals surface area contributed by atoms with E-state index in [-0.39, 0.29) is 0 Å². The number of hydrogen-bond acceptors (Lipinski definition) is 2. The number of carbonyl (C=O) groups excluding carboxylic acids is 1. The molecule has 3 aliphatic rings. The molecular weight excluding hydrogens is 266 g/mol. The molecule has 4 unspecified atom stereocenters. The van der Waals surface area contributed by atoms with Crippen molar-refractivity contribution in [3.05, 3.63) is 21.9 Å². The highest BCUT2D eigenvalue weighted by atomic mass is 32.1. The Bertz CT molecular complexity index is 523. The van der Waals surface area contributed by atoms with Crippen LogP contribution in [0.15, 0.2) is 11.4 Å². The molecule has 2 nitrogen and oxygen atoms in total. The maximum absolute atomic E-state index is 13.0. The lowest BCUT2D eigenvalue weighted by Crippen LogP contribution is -2.43. The Balaban J connectivity index is 1.57. The van der Waals surface area contributed by atoms with Gasteiger partial charge in [0.05, 0.1) is 6.04 Å². The van der Waals surface area contributed by atoms with Crippen molar-refractivity contribution in [1.29, 1.82) is 0 Å². The van der Waals surface area contributed by atoms with E-state index < -0.39 is 0 Å². The van der Waals surface area contributed by atoms with Gasteiger partial charge in [0.2, 0.25) is 5.91 Å². The molecule has 0 aromatic carbocycles. The third kappa shape index (κ3) is 1.86. The number of thiophene rings is 1. The second-order valence-electron chi connectivity index (χ2n) is 6.79. The largest absolute Gasteiger partial charge is 0.335 e. The predicted octanol–water partition coefficient (Wildman–Crippen LogP) is 4.02. The Morgan fingerprint density at radius 3 is 3.00 bits per heavy atom. The number of nitrogens with zero attached hydrogens (tertiary/aromatic N) is 1. The first-order valence-corrected chi connectivity index (χ1v) is 9.02. The lowest BCUT2D eigenvalue weighted by Gasteiger charge is -2.38. The SMILES string of the molecule is CCC1c2ccsc2CCN1C(=O)C1CC2CCC1C2. The molecule has 2 aliphatic carbocycles. The van der Waals surface area contributed by atoms with Crippen molar-refractivity contribution in [2.24, 2.45) is 17.8 Å². The number of fused-ring (bicyclic) bond motifs is 3. The van der Waals surface area contributed by atoms with Crippen LogP contribution < -0.4 is 0 Å². The van der Waals surface area contributed by atoms with Gasteiger partial charge in [0, 0.05) is 17.3 Å². The molecule has 0 N–H and O–H groups in total. The molecule has 4 atom stereocenters. The second-order valence-corrected chi connectivity index (χ2v) is 7.79. The monoisotopic (exact) mass is 289 g/mol. The highest BCUT2D eigenvalue weighted by Crippen LogP contribution is 2.50. The average Bonchev–Trinajstić information content (AvgIpc) is 3.20. The molecule has 1 aromatic rings. The molecule has 108 valence electrons. The minimum atomic E-state index is 0.344. The molecule has 2 heterocycles. The van der Waals surface area contributed by atoms with E-state index in [0.717, 1.165) is 25.3 Å². The Hall–Kier alpha value is -0.830. The Kier molecular flexibility index (Phi) is 3.13. The van der Waals surface area contributed by atoms with Gasteiger partial charge in [-0.05, 0) is 60.9 Å². The van der Waals surface area contributed by atoms with Gasteiger partial charge in [-0.3, -0.25) is 4.79 Å².